The van der Waals surface area contributed by atoms with Crippen LogP contribution in [-0.2, 0) is 41.7 Å². The molecule has 2 aliphatic heterocycles. The zero-order valence-corrected chi connectivity index (χ0v) is 25.2. The molecule has 3 rings (SSSR count). The van der Waals surface area contributed by atoms with E-state index in [0.717, 1.165) is 52.4 Å². The number of likely N-dealkylation sites (N-methyl/N-ethyl adjacent to an activating group) is 4. The van der Waals surface area contributed by atoms with Crippen LogP contribution >= 0.6 is 13.4 Å². The van der Waals surface area contributed by atoms with Crippen LogP contribution in [0, 0.1) is 0 Å². The second-order valence-corrected chi connectivity index (χ2v) is 15.0. The monoisotopic (exact) mass is 582 g/mol. The highest BCUT2D eigenvalue weighted by Crippen LogP contribution is 2.52. The van der Waals surface area contributed by atoms with Crippen molar-refractivity contribution in [1.82, 2.24) is 19.6 Å². The molecule has 0 radical (unpaired) electrons. The number of rotatable bonds is 4. The summed E-state index contributed by atoms with van der Waals surface area (Å²) in [7, 11) is 8.27. The predicted molar refractivity (Wildman–Crippen MR) is 150 cm³/mol. The highest BCUT2D eigenvalue weighted by atomic mass is 32.5. The van der Waals surface area contributed by atoms with Crippen molar-refractivity contribution in [1.29, 1.82) is 0 Å². The Labute approximate surface area is 226 Å². The molecule has 1 aromatic rings. The third kappa shape index (κ3) is 10.9. The standard InChI is InChI=1S/C22H40N4O6P2S2/c1-23-9-10-24(2)14-18-28-33(35,27-17-13-23)31-21-5-7-22(8-6-21)32-34(36)29-19-15-25(3)11-12-26(4)16-20-30-34/h5-8H,9-20H2,1-4H3. The predicted octanol–water partition coefficient (Wildman–Crippen LogP) is 2.71. The van der Waals surface area contributed by atoms with E-state index in [4.69, 9.17) is 50.8 Å². The van der Waals surface area contributed by atoms with Gasteiger partial charge in [-0.05, 0) is 52.5 Å². The first-order valence-electron chi connectivity index (χ1n) is 12.2. The topological polar surface area (TPSA) is 68.3 Å². The lowest BCUT2D eigenvalue weighted by atomic mass is 10.3. The first-order valence-corrected chi connectivity index (χ1v) is 17.3. The molecule has 0 unspecified atom stereocenters. The van der Waals surface area contributed by atoms with Gasteiger partial charge in [0, 0.05) is 76.0 Å². The maximum atomic E-state index is 6.06. The summed E-state index contributed by atoms with van der Waals surface area (Å²) < 4.78 is 35.9. The van der Waals surface area contributed by atoms with E-state index in [9.17, 15) is 0 Å². The molecule has 0 atom stereocenters. The van der Waals surface area contributed by atoms with Gasteiger partial charge in [-0.25, -0.2) is 0 Å². The Bertz CT molecular complexity index is 789. The van der Waals surface area contributed by atoms with E-state index in [1.165, 1.54) is 0 Å². The summed E-state index contributed by atoms with van der Waals surface area (Å²) in [6.07, 6.45) is 0. The lowest BCUT2D eigenvalue weighted by Crippen LogP contribution is -2.33. The van der Waals surface area contributed by atoms with E-state index in [0.29, 0.717) is 37.9 Å². The van der Waals surface area contributed by atoms with Crippen molar-refractivity contribution < 1.29 is 27.1 Å². The molecule has 2 heterocycles. The van der Waals surface area contributed by atoms with Crippen LogP contribution in [0.2, 0.25) is 0 Å². The van der Waals surface area contributed by atoms with Crippen LogP contribution in [0.5, 0.6) is 11.5 Å². The molecule has 0 amide bonds. The van der Waals surface area contributed by atoms with Gasteiger partial charge in [-0.2, -0.15) is 0 Å². The molecular weight excluding hydrogens is 542 g/mol. The molecule has 0 aromatic heterocycles. The van der Waals surface area contributed by atoms with Gasteiger partial charge in [0.15, 0.2) is 0 Å². The van der Waals surface area contributed by atoms with Gasteiger partial charge < -0.3 is 28.6 Å². The fourth-order valence-electron chi connectivity index (χ4n) is 3.36. The molecular formula is C22H40N4O6P2S2. The maximum absolute atomic E-state index is 6.06. The molecule has 2 aliphatic rings. The summed E-state index contributed by atoms with van der Waals surface area (Å²) in [6, 6.07) is 7.09. The molecule has 0 N–H and O–H groups in total. The first-order chi connectivity index (χ1) is 17.1. The minimum atomic E-state index is -2.96. The van der Waals surface area contributed by atoms with E-state index >= 15 is 0 Å². The van der Waals surface area contributed by atoms with Gasteiger partial charge in [-0.3, -0.25) is 18.1 Å². The van der Waals surface area contributed by atoms with E-state index in [-0.39, 0.29) is 0 Å². The molecule has 0 bridgehead atoms. The van der Waals surface area contributed by atoms with Gasteiger partial charge in [0.25, 0.3) is 0 Å². The van der Waals surface area contributed by atoms with Crippen molar-refractivity contribution in [3.63, 3.8) is 0 Å². The normalized spacial score (nSPS) is 24.8. The van der Waals surface area contributed by atoms with Crippen LogP contribution in [0.3, 0.4) is 0 Å². The van der Waals surface area contributed by atoms with Crippen LogP contribution in [0.4, 0.5) is 0 Å². The van der Waals surface area contributed by atoms with Gasteiger partial charge in [0.1, 0.15) is 11.5 Å². The largest absolute Gasteiger partial charge is 0.424 e. The molecule has 206 valence electrons. The Hall–Kier alpha value is -0.200. The summed E-state index contributed by atoms with van der Waals surface area (Å²) in [4.78, 5) is 8.84. The average molecular weight is 583 g/mol. The van der Waals surface area contributed by atoms with Crippen LogP contribution < -0.4 is 9.05 Å². The first kappa shape index (κ1) is 30.3. The summed E-state index contributed by atoms with van der Waals surface area (Å²) in [5, 5.41) is 0. The molecule has 0 saturated carbocycles. The number of benzene rings is 1. The van der Waals surface area contributed by atoms with Crippen molar-refractivity contribution in [2.24, 2.45) is 0 Å². The Balaban J connectivity index is 1.62. The Morgan fingerprint density at radius 2 is 0.778 bits per heavy atom. The fourth-order valence-corrected chi connectivity index (χ4v) is 7.11. The van der Waals surface area contributed by atoms with Crippen molar-refractivity contribution in [2.45, 2.75) is 0 Å². The van der Waals surface area contributed by atoms with Crippen molar-refractivity contribution >= 4 is 37.1 Å². The molecule has 10 nitrogen and oxygen atoms in total. The summed E-state index contributed by atoms with van der Waals surface area (Å²) in [6.45, 7) is 2.70. The van der Waals surface area contributed by atoms with E-state index in [2.05, 4.69) is 47.8 Å². The van der Waals surface area contributed by atoms with Crippen LogP contribution in [-0.4, -0.2) is 127 Å². The van der Waals surface area contributed by atoms with Crippen molar-refractivity contribution in [3.05, 3.63) is 24.3 Å². The molecule has 2 fully saturated rings. The SMILES string of the molecule is CN1CCOP(=S)(Oc2ccc(OP3(=S)OCCN(C)CCN(C)CCO3)cc2)OCCN(C)CC1. The Morgan fingerprint density at radius 1 is 0.528 bits per heavy atom. The summed E-state index contributed by atoms with van der Waals surface area (Å²) >= 11 is 11.4. The number of hydrogen-bond donors (Lipinski definition) is 0. The van der Waals surface area contributed by atoms with Gasteiger partial charge in [0.2, 0.25) is 0 Å². The van der Waals surface area contributed by atoms with Crippen molar-refractivity contribution in [3.8, 4) is 11.5 Å². The average Bonchev–Trinajstić information content (AvgIpc) is 2.86. The van der Waals surface area contributed by atoms with Gasteiger partial charge in [0.05, 0.1) is 26.4 Å². The zero-order valence-electron chi connectivity index (χ0n) is 21.7. The van der Waals surface area contributed by atoms with Gasteiger partial charge in [-0.1, -0.05) is 0 Å². The fraction of sp³-hybridized carbons (Fsp3) is 0.727. The van der Waals surface area contributed by atoms with Crippen LogP contribution in [0.25, 0.3) is 0 Å². The molecule has 0 aliphatic carbocycles. The number of hydrogen-bond acceptors (Lipinski definition) is 12. The summed E-state index contributed by atoms with van der Waals surface area (Å²) in [5.74, 6) is 1.10. The van der Waals surface area contributed by atoms with Crippen molar-refractivity contribution in [2.75, 3.05) is 107 Å². The highest BCUT2D eigenvalue weighted by molar-refractivity contribution is 8.08. The lowest BCUT2D eigenvalue weighted by molar-refractivity contribution is 0.182. The van der Waals surface area contributed by atoms with E-state index in [1.807, 2.05) is 0 Å². The zero-order chi connectivity index (χ0) is 26.0. The molecule has 0 spiro atoms. The van der Waals surface area contributed by atoms with Gasteiger partial charge >= 0.3 is 13.4 Å². The molecule has 36 heavy (non-hydrogen) atoms. The smallest absolute Gasteiger partial charge is 0.380 e. The quantitative estimate of drug-likeness (QED) is 0.491. The Kier molecular flexibility index (Phi) is 12.5. The lowest BCUT2D eigenvalue weighted by Gasteiger charge is -2.24. The van der Waals surface area contributed by atoms with Crippen LogP contribution in [0.1, 0.15) is 0 Å². The summed E-state index contributed by atoms with van der Waals surface area (Å²) in [5.41, 5.74) is 0. The Morgan fingerprint density at radius 3 is 1.03 bits per heavy atom. The van der Waals surface area contributed by atoms with Crippen LogP contribution in [0.15, 0.2) is 24.3 Å². The third-order valence-electron chi connectivity index (χ3n) is 5.87. The van der Waals surface area contributed by atoms with E-state index in [1.54, 1.807) is 24.3 Å². The maximum Gasteiger partial charge on any atom is 0.380 e. The minimum Gasteiger partial charge on any atom is -0.424 e. The third-order valence-corrected chi connectivity index (χ3v) is 10.5. The molecule has 1 aromatic carbocycles. The van der Waals surface area contributed by atoms with Gasteiger partial charge in [-0.15, -0.1) is 0 Å². The second-order valence-electron chi connectivity index (χ2n) is 9.09. The number of nitrogens with zero attached hydrogens (tertiary/aromatic N) is 4. The molecule has 14 heteroatoms. The van der Waals surface area contributed by atoms with E-state index < -0.39 is 13.4 Å². The minimum absolute atomic E-state index is 0.445. The second kappa shape index (κ2) is 14.8. The molecule has 2 saturated heterocycles. The highest BCUT2D eigenvalue weighted by Gasteiger charge is 2.26.